The van der Waals surface area contributed by atoms with Crippen LogP contribution in [0.15, 0.2) is 0 Å². The second-order valence-corrected chi connectivity index (χ2v) is 4.69. The van der Waals surface area contributed by atoms with Gasteiger partial charge in [-0.15, -0.1) is 0 Å². The molecule has 16 heavy (non-hydrogen) atoms. The fourth-order valence-corrected chi connectivity index (χ4v) is 0.922. The van der Waals surface area contributed by atoms with E-state index in [2.05, 4.69) is 12.2 Å². The van der Waals surface area contributed by atoms with Crippen LogP contribution in [-0.4, -0.2) is 45.3 Å². The van der Waals surface area contributed by atoms with E-state index in [1.54, 1.807) is 0 Å². The first-order valence-corrected chi connectivity index (χ1v) is 5.88. The summed E-state index contributed by atoms with van der Waals surface area (Å²) < 4.78 is 10.5. The molecule has 0 radical (unpaired) electrons. The van der Waals surface area contributed by atoms with E-state index in [9.17, 15) is 4.79 Å². The maximum Gasteiger partial charge on any atom is 0.163 e. The van der Waals surface area contributed by atoms with Crippen LogP contribution in [0.1, 0.15) is 27.7 Å². The minimum Gasteiger partial charge on any atom is -0.378 e. The monoisotopic (exact) mass is 231 g/mol. The zero-order chi connectivity index (χ0) is 12.4. The number of hydrogen-bond donors (Lipinski definition) is 1. The first kappa shape index (κ1) is 15.6. The Hall–Kier alpha value is -0.450. The highest BCUT2D eigenvalue weighted by Crippen LogP contribution is 2.14. The molecule has 0 fully saturated rings. The van der Waals surface area contributed by atoms with E-state index in [1.165, 1.54) is 0 Å². The van der Waals surface area contributed by atoms with E-state index in [-0.39, 0.29) is 17.8 Å². The molecule has 0 aliphatic heterocycles. The summed E-state index contributed by atoms with van der Waals surface area (Å²) in [5, 5.41) is 3.16. The average Bonchev–Trinajstić information content (AvgIpc) is 2.20. The largest absolute Gasteiger partial charge is 0.378 e. The third kappa shape index (κ3) is 8.83. The Morgan fingerprint density at radius 1 is 1.12 bits per heavy atom. The molecule has 4 nitrogen and oxygen atoms in total. The third-order valence-corrected chi connectivity index (χ3v) is 2.11. The molecule has 0 atom stereocenters. The van der Waals surface area contributed by atoms with Gasteiger partial charge in [0.25, 0.3) is 0 Å². The standard InChI is InChI=1S/C12H25NO3/c1-5-13-6-7-15-8-9-16-10-11(14)12(2,3)4/h13H,5-10H2,1-4H3. The molecule has 0 aromatic rings. The van der Waals surface area contributed by atoms with Crippen molar-refractivity contribution in [3.05, 3.63) is 0 Å². The fourth-order valence-electron chi connectivity index (χ4n) is 0.922. The van der Waals surface area contributed by atoms with Gasteiger partial charge in [-0.2, -0.15) is 0 Å². The summed E-state index contributed by atoms with van der Waals surface area (Å²) in [6.07, 6.45) is 0. The second kappa shape index (κ2) is 8.67. The Balaban J connectivity index is 3.25. The predicted octanol–water partition coefficient (Wildman–Crippen LogP) is 1.24. The predicted molar refractivity (Wildman–Crippen MR) is 64.6 cm³/mol. The number of Topliss-reactive ketones (excluding diaryl/α,β-unsaturated/α-hetero) is 1. The molecule has 0 aliphatic carbocycles. The van der Waals surface area contributed by atoms with Crippen LogP contribution in [0.3, 0.4) is 0 Å². The van der Waals surface area contributed by atoms with Gasteiger partial charge in [-0.1, -0.05) is 27.7 Å². The summed E-state index contributed by atoms with van der Waals surface area (Å²) in [5.41, 5.74) is -0.314. The van der Waals surface area contributed by atoms with Gasteiger partial charge in [-0.25, -0.2) is 0 Å². The van der Waals surface area contributed by atoms with Crippen molar-refractivity contribution < 1.29 is 14.3 Å². The summed E-state index contributed by atoms with van der Waals surface area (Å²) in [4.78, 5) is 11.5. The molecule has 0 rings (SSSR count). The van der Waals surface area contributed by atoms with Crippen molar-refractivity contribution in [1.29, 1.82) is 0 Å². The number of nitrogens with one attached hydrogen (secondary N) is 1. The Kier molecular flexibility index (Phi) is 8.43. The second-order valence-electron chi connectivity index (χ2n) is 4.69. The van der Waals surface area contributed by atoms with Crippen molar-refractivity contribution in [3.63, 3.8) is 0 Å². The molecule has 0 spiro atoms. The van der Waals surface area contributed by atoms with E-state index in [0.29, 0.717) is 19.8 Å². The number of carbonyl (C=O) groups is 1. The van der Waals surface area contributed by atoms with Crippen molar-refractivity contribution >= 4 is 5.78 Å². The van der Waals surface area contributed by atoms with Gasteiger partial charge >= 0.3 is 0 Å². The van der Waals surface area contributed by atoms with E-state index >= 15 is 0 Å². The maximum absolute atomic E-state index is 11.5. The molecule has 0 unspecified atom stereocenters. The molecule has 0 heterocycles. The molecule has 4 heteroatoms. The molecule has 0 saturated carbocycles. The minimum absolute atomic E-state index is 0.125. The summed E-state index contributed by atoms with van der Waals surface area (Å²) in [6.45, 7) is 11.4. The van der Waals surface area contributed by atoms with Crippen LogP contribution in [0.4, 0.5) is 0 Å². The molecule has 0 aliphatic rings. The van der Waals surface area contributed by atoms with Gasteiger partial charge in [0.15, 0.2) is 5.78 Å². The van der Waals surface area contributed by atoms with Crippen molar-refractivity contribution in [2.75, 3.05) is 39.5 Å². The van der Waals surface area contributed by atoms with Crippen LogP contribution >= 0.6 is 0 Å². The van der Waals surface area contributed by atoms with E-state index in [0.717, 1.165) is 13.1 Å². The fraction of sp³-hybridized carbons (Fsp3) is 0.917. The van der Waals surface area contributed by atoms with Crippen molar-refractivity contribution in [3.8, 4) is 0 Å². The van der Waals surface area contributed by atoms with Gasteiger partial charge in [0, 0.05) is 12.0 Å². The average molecular weight is 231 g/mol. The minimum atomic E-state index is -0.314. The summed E-state index contributed by atoms with van der Waals surface area (Å²) >= 11 is 0. The summed E-state index contributed by atoms with van der Waals surface area (Å²) in [6, 6.07) is 0. The smallest absolute Gasteiger partial charge is 0.163 e. The Bertz CT molecular complexity index is 187. The van der Waals surface area contributed by atoms with Crippen LogP contribution in [0.5, 0.6) is 0 Å². The summed E-state index contributed by atoms with van der Waals surface area (Å²) in [7, 11) is 0. The molecule has 0 aromatic heterocycles. The Morgan fingerprint density at radius 2 is 1.75 bits per heavy atom. The zero-order valence-corrected chi connectivity index (χ0v) is 11.0. The maximum atomic E-state index is 11.5. The van der Waals surface area contributed by atoms with E-state index in [4.69, 9.17) is 9.47 Å². The molecular weight excluding hydrogens is 206 g/mol. The third-order valence-electron chi connectivity index (χ3n) is 2.11. The number of rotatable bonds is 9. The van der Waals surface area contributed by atoms with Crippen molar-refractivity contribution in [1.82, 2.24) is 5.32 Å². The first-order chi connectivity index (χ1) is 7.48. The molecule has 0 bridgehead atoms. The van der Waals surface area contributed by atoms with Gasteiger partial charge in [0.1, 0.15) is 6.61 Å². The van der Waals surface area contributed by atoms with Crippen molar-refractivity contribution in [2.24, 2.45) is 5.41 Å². The zero-order valence-electron chi connectivity index (χ0n) is 11.0. The van der Waals surface area contributed by atoms with Gasteiger partial charge < -0.3 is 14.8 Å². The number of ether oxygens (including phenoxy) is 2. The number of ketones is 1. The lowest BCUT2D eigenvalue weighted by Gasteiger charge is -2.16. The highest BCUT2D eigenvalue weighted by atomic mass is 16.5. The normalized spacial score (nSPS) is 11.8. The molecular formula is C12H25NO3. The van der Waals surface area contributed by atoms with Crippen molar-refractivity contribution in [2.45, 2.75) is 27.7 Å². The molecule has 1 N–H and O–H groups in total. The lowest BCUT2D eigenvalue weighted by molar-refractivity contribution is -0.131. The molecule has 0 amide bonds. The Labute approximate surface area is 98.7 Å². The number of likely N-dealkylation sites (N-methyl/N-ethyl adjacent to an activating group) is 1. The molecule has 96 valence electrons. The van der Waals surface area contributed by atoms with E-state index in [1.807, 2.05) is 20.8 Å². The first-order valence-electron chi connectivity index (χ1n) is 5.88. The van der Waals surface area contributed by atoms with Gasteiger partial charge in [-0.3, -0.25) is 4.79 Å². The SMILES string of the molecule is CCNCCOCCOCC(=O)C(C)(C)C. The van der Waals surface area contributed by atoms with E-state index < -0.39 is 0 Å². The topological polar surface area (TPSA) is 47.6 Å². The number of hydrogen-bond acceptors (Lipinski definition) is 4. The summed E-state index contributed by atoms with van der Waals surface area (Å²) in [5.74, 6) is 0.125. The molecule has 0 aromatic carbocycles. The quantitative estimate of drug-likeness (QED) is 0.607. The van der Waals surface area contributed by atoms with Crippen LogP contribution < -0.4 is 5.32 Å². The van der Waals surface area contributed by atoms with Gasteiger partial charge in [0.05, 0.1) is 19.8 Å². The highest BCUT2D eigenvalue weighted by molar-refractivity contribution is 5.84. The van der Waals surface area contributed by atoms with Gasteiger partial charge in [-0.05, 0) is 6.54 Å². The lowest BCUT2D eigenvalue weighted by Crippen LogP contribution is -2.26. The van der Waals surface area contributed by atoms with Crippen LogP contribution in [0.2, 0.25) is 0 Å². The van der Waals surface area contributed by atoms with Crippen LogP contribution in [0.25, 0.3) is 0 Å². The lowest BCUT2D eigenvalue weighted by atomic mass is 9.91. The van der Waals surface area contributed by atoms with Crippen LogP contribution in [-0.2, 0) is 14.3 Å². The number of carbonyl (C=O) groups excluding carboxylic acids is 1. The van der Waals surface area contributed by atoms with Gasteiger partial charge in [0.2, 0.25) is 0 Å². The highest BCUT2D eigenvalue weighted by Gasteiger charge is 2.20. The molecule has 0 saturated heterocycles. The van der Waals surface area contributed by atoms with Crippen LogP contribution in [0, 0.1) is 5.41 Å². The Morgan fingerprint density at radius 3 is 2.31 bits per heavy atom.